The van der Waals surface area contributed by atoms with Gasteiger partial charge in [0.25, 0.3) is 0 Å². The van der Waals surface area contributed by atoms with Gasteiger partial charge in [-0.05, 0) is 32.8 Å². The van der Waals surface area contributed by atoms with Crippen molar-refractivity contribution in [1.82, 2.24) is 0 Å². The fourth-order valence-electron chi connectivity index (χ4n) is 2.20. The van der Waals surface area contributed by atoms with Crippen LogP contribution in [0, 0.1) is 6.92 Å². The normalized spacial score (nSPS) is 13.3. The van der Waals surface area contributed by atoms with E-state index in [0.29, 0.717) is 11.1 Å². The van der Waals surface area contributed by atoms with E-state index >= 15 is 0 Å². The molecule has 4 heteroatoms. The van der Waals surface area contributed by atoms with E-state index in [-0.39, 0.29) is 13.0 Å². The Morgan fingerprint density at radius 3 is 2.50 bits per heavy atom. The highest BCUT2D eigenvalue weighted by molar-refractivity contribution is 6.06. The highest BCUT2D eigenvalue weighted by Gasteiger charge is 2.49. The number of carboxylic acid groups (broad SMARTS) is 1. The lowest BCUT2D eigenvalue weighted by atomic mass is 9.75. The standard InChI is InChI=1S/C16H20O4/c1-5-20-15(19)16(14(17)18,10-11(2)3)13-8-6-7-12(4)9-13/h6-9H,2,5,10H2,1,3-4H3,(H,17,18). The van der Waals surface area contributed by atoms with Gasteiger partial charge in [0.2, 0.25) is 0 Å². The van der Waals surface area contributed by atoms with Gasteiger partial charge in [0.1, 0.15) is 0 Å². The summed E-state index contributed by atoms with van der Waals surface area (Å²) in [7, 11) is 0. The summed E-state index contributed by atoms with van der Waals surface area (Å²) in [5.74, 6) is -1.97. The Balaban J connectivity index is 3.48. The van der Waals surface area contributed by atoms with Crippen molar-refractivity contribution in [1.29, 1.82) is 0 Å². The maximum atomic E-state index is 12.3. The number of hydrogen-bond donors (Lipinski definition) is 1. The molecule has 1 unspecified atom stereocenters. The van der Waals surface area contributed by atoms with Crippen molar-refractivity contribution in [3.05, 3.63) is 47.5 Å². The predicted molar refractivity (Wildman–Crippen MR) is 76.6 cm³/mol. The quantitative estimate of drug-likeness (QED) is 0.493. The molecule has 0 fully saturated rings. The van der Waals surface area contributed by atoms with Gasteiger partial charge >= 0.3 is 11.9 Å². The number of hydrogen-bond acceptors (Lipinski definition) is 3. The monoisotopic (exact) mass is 276 g/mol. The van der Waals surface area contributed by atoms with E-state index in [2.05, 4.69) is 6.58 Å². The molecule has 0 saturated carbocycles. The summed E-state index contributed by atoms with van der Waals surface area (Å²) in [4.78, 5) is 24.2. The first-order valence-corrected chi connectivity index (χ1v) is 6.46. The molecule has 0 saturated heterocycles. The summed E-state index contributed by atoms with van der Waals surface area (Å²) in [6, 6.07) is 6.93. The van der Waals surface area contributed by atoms with E-state index in [1.54, 1.807) is 32.0 Å². The number of benzene rings is 1. The van der Waals surface area contributed by atoms with Crippen LogP contribution in [0.2, 0.25) is 0 Å². The minimum atomic E-state index is -1.73. The Hall–Kier alpha value is -2.10. The van der Waals surface area contributed by atoms with Gasteiger partial charge in [-0.2, -0.15) is 0 Å². The van der Waals surface area contributed by atoms with Crippen molar-refractivity contribution in [2.45, 2.75) is 32.6 Å². The van der Waals surface area contributed by atoms with Crippen LogP contribution < -0.4 is 0 Å². The molecule has 0 spiro atoms. The lowest BCUT2D eigenvalue weighted by Gasteiger charge is -2.28. The van der Waals surface area contributed by atoms with E-state index in [4.69, 9.17) is 4.74 Å². The van der Waals surface area contributed by atoms with E-state index in [0.717, 1.165) is 5.56 Å². The second kappa shape index (κ2) is 6.37. The number of carbonyl (C=O) groups excluding carboxylic acids is 1. The van der Waals surface area contributed by atoms with E-state index in [1.807, 2.05) is 13.0 Å². The molecule has 1 aromatic rings. The van der Waals surface area contributed by atoms with E-state index in [9.17, 15) is 14.7 Å². The summed E-state index contributed by atoms with van der Waals surface area (Å²) in [6.45, 7) is 9.08. The SMILES string of the molecule is C=C(C)CC(C(=O)O)(C(=O)OCC)c1cccc(C)c1. The second-order valence-corrected chi connectivity index (χ2v) is 4.93. The van der Waals surface area contributed by atoms with Crippen LogP contribution in [0.5, 0.6) is 0 Å². The zero-order chi connectivity index (χ0) is 15.3. The van der Waals surface area contributed by atoms with Gasteiger partial charge in [-0.15, -0.1) is 6.58 Å². The summed E-state index contributed by atoms with van der Waals surface area (Å²) in [5, 5.41) is 9.67. The Morgan fingerprint density at radius 2 is 2.05 bits per heavy atom. The van der Waals surface area contributed by atoms with Gasteiger partial charge < -0.3 is 9.84 Å². The van der Waals surface area contributed by atoms with Crippen LogP contribution in [0.15, 0.2) is 36.4 Å². The smallest absolute Gasteiger partial charge is 0.328 e. The fraction of sp³-hybridized carbons (Fsp3) is 0.375. The highest BCUT2D eigenvalue weighted by atomic mass is 16.5. The molecule has 0 radical (unpaired) electrons. The molecule has 108 valence electrons. The lowest BCUT2D eigenvalue weighted by molar-refractivity contribution is -0.161. The Bertz CT molecular complexity index is 533. The average molecular weight is 276 g/mol. The summed E-state index contributed by atoms with van der Waals surface area (Å²) >= 11 is 0. The van der Waals surface area contributed by atoms with Crippen LogP contribution in [0.4, 0.5) is 0 Å². The molecule has 0 aliphatic rings. The molecule has 20 heavy (non-hydrogen) atoms. The maximum Gasteiger partial charge on any atom is 0.328 e. The third kappa shape index (κ3) is 3.07. The average Bonchev–Trinajstić information content (AvgIpc) is 2.35. The highest BCUT2D eigenvalue weighted by Crippen LogP contribution is 2.33. The third-order valence-corrected chi connectivity index (χ3v) is 3.07. The number of carboxylic acids is 1. The van der Waals surface area contributed by atoms with Crippen molar-refractivity contribution in [2.24, 2.45) is 0 Å². The van der Waals surface area contributed by atoms with Crippen LogP contribution in [0.1, 0.15) is 31.4 Å². The zero-order valence-corrected chi connectivity index (χ0v) is 12.1. The number of carbonyl (C=O) groups is 2. The van der Waals surface area contributed by atoms with Gasteiger partial charge in [0.05, 0.1) is 6.61 Å². The van der Waals surface area contributed by atoms with Crippen molar-refractivity contribution in [3.8, 4) is 0 Å². The van der Waals surface area contributed by atoms with Crippen molar-refractivity contribution < 1.29 is 19.4 Å². The molecule has 1 aromatic carbocycles. The van der Waals surface area contributed by atoms with Gasteiger partial charge in [-0.1, -0.05) is 35.4 Å². The van der Waals surface area contributed by atoms with Crippen molar-refractivity contribution in [3.63, 3.8) is 0 Å². The summed E-state index contributed by atoms with van der Waals surface area (Å²) in [5.41, 5.74) is 0.195. The van der Waals surface area contributed by atoms with Gasteiger partial charge in [-0.25, -0.2) is 0 Å². The number of allylic oxidation sites excluding steroid dienone is 1. The van der Waals surface area contributed by atoms with Gasteiger partial charge in [0, 0.05) is 0 Å². The second-order valence-electron chi connectivity index (χ2n) is 4.93. The Labute approximate surface area is 119 Å². The molecular formula is C16H20O4. The molecule has 1 rings (SSSR count). The molecule has 0 amide bonds. The molecule has 0 bridgehead atoms. The van der Waals surface area contributed by atoms with Crippen LogP contribution in [-0.4, -0.2) is 23.7 Å². The molecule has 0 aromatic heterocycles. The third-order valence-electron chi connectivity index (χ3n) is 3.07. The fourth-order valence-corrected chi connectivity index (χ4v) is 2.20. The van der Waals surface area contributed by atoms with Crippen LogP contribution in [0.25, 0.3) is 0 Å². The first-order chi connectivity index (χ1) is 9.34. The number of ether oxygens (including phenoxy) is 1. The largest absolute Gasteiger partial charge is 0.480 e. The Kier molecular flexibility index (Phi) is 5.08. The van der Waals surface area contributed by atoms with Crippen molar-refractivity contribution >= 4 is 11.9 Å². The lowest BCUT2D eigenvalue weighted by Crippen LogP contribution is -2.45. The van der Waals surface area contributed by atoms with Gasteiger partial charge in [0.15, 0.2) is 5.41 Å². The first-order valence-electron chi connectivity index (χ1n) is 6.46. The molecule has 4 nitrogen and oxygen atoms in total. The van der Waals surface area contributed by atoms with Crippen LogP contribution >= 0.6 is 0 Å². The van der Waals surface area contributed by atoms with Crippen molar-refractivity contribution in [2.75, 3.05) is 6.61 Å². The summed E-state index contributed by atoms with van der Waals surface area (Å²) in [6.07, 6.45) is 0.0185. The first kappa shape index (κ1) is 16.0. The zero-order valence-electron chi connectivity index (χ0n) is 12.1. The molecule has 0 aliphatic carbocycles. The molecule has 1 atom stereocenters. The number of rotatable bonds is 6. The van der Waals surface area contributed by atoms with E-state index in [1.165, 1.54) is 0 Å². The molecule has 0 aliphatic heterocycles. The Morgan fingerprint density at radius 1 is 1.40 bits per heavy atom. The van der Waals surface area contributed by atoms with E-state index < -0.39 is 17.4 Å². The maximum absolute atomic E-state index is 12.3. The minimum Gasteiger partial charge on any atom is -0.480 e. The molecule has 0 heterocycles. The predicted octanol–water partition coefficient (Wildman–Crippen LogP) is 2.85. The number of aryl methyl sites for hydroxylation is 1. The van der Waals surface area contributed by atoms with Crippen LogP contribution in [-0.2, 0) is 19.7 Å². The topological polar surface area (TPSA) is 63.6 Å². The minimum absolute atomic E-state index is 0.0185. The van der Waals surface area contributed by atoms with Gasteiger partial charge in [-0.3, -0.25) is 9.59 Å². The number of aliphatic carboxylic acids is 1. The van der Waals surface area contributed by atoms with Crippen LogP contribution in [0.3, 0.4) is 0 Å². The molecule has 1 N–H and O–H groups in total. The summed E-state index contributed by atoms with van der Waals surface area (Å²) < 4.78 is 5.00. The molecular weight excluding hydrogens is 256 g/mol. The number of esters is 1.